The van der Waals surface area contributed by atoms with Gasteiger partial charge in [0.25, 0.3) is 0 Å². The molecule has 2 rings (SSSR count). The first-order valence-corrected chi connectivity index (χ1v) is 5.90. The van der Waals surface area contributed by atoms with Crippen LogP contribution in [-0.4, -0.2) is 19.0 Å². The maximum absolute atomic E-state index is 13.7. The summed E-state index contributed by atoms with van der Waals surface area (Å²) in [6, 6.07) is 8.66. The molecular formula is C14H14F2N2O2. The van der Waals surface area contributed by atoms with Gasteiger partial charge in [-0.15, -0.1) is 0 Å². The van der Waals surface area contributed by atoms with E-state index in [0.29, 0.717) is 17.1 Å². The molecule has 1 aromatic heterocycles. The van der Waals surface area contributed by atoms with Crippen molar-refractivity contribution in [2.45, 2.75) is 6.04 Å². The standard InChI is InChI=1S/C14H14F2N2O2/c1-19-13-4-2-3-11(18-13)14(17)9-5-6-12(20-8-15)10(16)7-9/h2-7,14H,8,17H2,1H3. The Morgan fingerprint density at radius 2 is 2.10 bits per heavy atom. The average Bonchev–Trinajstić information content (AvgIpc) is 2.49. The normalized spacial score (nSPS) is 12.0. The summed E-state index contributed by atoms with van der Waals surface area (Å²) in [4.78, 5) is 4.20. The van der Waals surface area contributed by atoms with E-state index < -0.39 is 18.7 Å². The monoisotopic (exact) mass is 280 g/mol. The average molecular weight is 280 g/mol. The van der Waals surface area contributed by atoms with Crippen LogP contribution in [0.5, 0.6) is 11.6 Å². The number of hydrogen-bond acceptors (Lipinski definition) is 4. The number of nitrogens with two attached hydrogens (primary N) is 1. The third-order valence-corrected chi connectivity index (χ3v) is 2.80. The van der Waals surface area contributed by atoms with E-state index in [1.807, 2.05) is 0 Å². The Morgan fingerprint density at radius 1 is 1.30 bits per heavy atom. The van der Waals surface area contributed by atoms with Crippen LogP contribution in [0.2, 0.25) is 0 Å². The molecule has 0 fully saturated rings. The number of nitrogens with zero attached hydrogens (tertiary/aromatic N) is 1. The van der Waals surface area contributed by atoms with Crippen LogP contribution in [0, 0.1) is 5.82 Å². The molecule has 1 heterocycles. The highest BCUT2D eigenvalue weighted by atomic mass is 19.1. The number of methoxy groups -OCH3 is 1. The molecule has 6 heteroatoms. The maximum Gasteiger partial charge on any atom is 0.228 e. The molecular weight excluding hydrogens is 266 g/mol. The van der Waals surface area contributed by atoms with Crippen molar-refractivity contribution in [1.29, 1.82) is 0 Å². The minimum Gasteiger partial charge on any atom is -0.481 e. The lowest BCUT2D eigenvalue weighted by Crippen LogP contribution is -2.14. The summed E-state index contributed by atoms with van der Waals surface area (Å²) >= 11 is 0. The van der Waals surface area contributed by atoms with Gasteiger partial charge < -0.3 is 15.2 Å². The number of rotatable bonds is 5. The highest BCUT2D eigenvalue weighted by Gasteiger charge is 2.14. The predicted molar refractivity (Wildman–Crippen MR) is 69.8 cm³/mol. The molecule has 0 bridgehead atoms. The SMILES string of the molecule is COc1cccc(C(N)c2ccc(OCF)c(F)c2)n1. The van der Waals surface area contributed by atoms with Crippen molar-refractivity contribution >= 4 is 0 Å². The largest absolute Gasteiger partial charge is 0.481 e. The lowest BCUT2D eigenvalue weighted by atomic mass is 10.0. The van der Waals surface area contributed by atoms with Crippen LogP contribution >= 0.6 is 0 Å². The van der Waals surface area contributed by atoms with Gasteiger partial charge in [0.05, 0.1) is 18.8 Å². The fourth-order valence-corrected chi connectivity index (χ4v) is 1.77. The topological polar surface area (TPSA) is 57.4 Å². The zero-order valence-corrected chi connectivity index (χ0v) is 10.8. The highest BCUT2D eigenvalue weighted by Crippen LogP contribution is 2.25. The Labute approximate surface area is 115 Å². The van der Waals surface area contributed by atoms with Crippen LogP contribution in [0.3, 0.4) is 0 Å². The van der Waals surface area contributed by atoms with Crippen LogP contribution in [-0.2, 0) is 0 Å². The third kappa shape index (κ3) is 3.03. The van der Waals surface area contributed by atoms with Crippen molar-refractivity contribution in [3.8, 4) is 11.6 Å². The zero-order chi connectivity index (χ0) is 14.5. The van der Waals surface area contributed by atoms with Gasteiger partial charge in [-0.05, 0) is 23.8 Å². The second-order valence-corrected chi connectivity index (χ2v) is 4.03. The Hall–Kier alpha value is -2.21. The smallest absolute Gasteiger partial charge is 0.228 e. The van der Waals surface area contributed by atoms with Gasteiger partial charge in [0, 0.05) is 6.07 Å². The maximum atomic E-state index is 13.7. The van der Waals surface area contributed by atoms with Gasteiger partial charge in [0.15, 0.2) is 11.6 Å². The Morgan fingerprint density at radius 3 is 2.75 bits per heavy atom. The summed E-state index contributed by atoms with van der Waals surface area (Å²) in [5, 5.41) is 0. The lowest BCUT2D eigenvalue weighted by Gasteiger charge is -2.13. The zero-order valence-electron chi connectivity index (χ0n) is 10.8. The Kier molecular flexibility index (Phi) is 4.47. The number of ether oxygens (including phenoxy) is 2. The van der Waals surface area contributed by atoms with Crippen LogP contribution < -0.4 is 15.2 Å². The molecule has 1 atom stereocenters. The third-order valence-electron chi connectivity index (χ3n) is 2.80. The molecule has 1 unspecified atom stereocenters. The van der Waals surface area contributed by atoms with E-state index in [1.165, 1.54) is 19.2 Å². The molecule has 0 saturated carbocycles. The van der Waals surface area contributed by atoms with Gasteiger partial charge in [-0.1, -0.05) is 12.1 Å². The van der Waals surface area contributed by atoms with Crippen molar-refractivity contribution in [1.82, 2.24) is 4.98 Å². The number of pyridine rings is 1. The minimum absolute atomic E-state index is 0.151. The van der Waals surface area contributed by atoms with Crippen LogP contribution in [0.25, 0.3) is 0 Å². The molecule has 106 valence electrons. The Bertz CT molecular complexity index is 593. The second kappa shape index (κ2) is 6.29. The molecule has 1 aromatic carbocycles. The first-order valence-electron chi connectivity index (χ1n) is 5.90. The molecule has 0 aliphatic rings. The number of alkyl halides is 1. The van der Waals surface area contributed by atoms with E-state index in [0.717, 1.165) is 0 Å². The van der Waals surface area contributed by atoms with Crippen LogP contribution in [0.1, 0.15) is 17.3 Å². The summed E-state index contributed by atoms with van der Waals surface area (Å²) in [7, 11) is 1.50. The predicted octanol–water partition coefficient (Wildman–Crippen LogP) is 2.58. The van der Waals surface area contributed by atoms with E-state index in [9.17, 15) is 8.78 Å². The fourth-order valence-electron chi connectivity index (χ4n) is 1.77. The molecule has 2 N–H and O–H groups in total. The molecule has 4 nitrogen and oxygen atoms in total. The van der Waals surface area contributed by atoms with Crippen molar-refractivity contribution < 1.29 is 18.3 Å². The number of halogens is 2. The Balaban J connectivity index is 2.28. The van der Waals surface area contributed by atoms with Gasteiger partial charge in [0.2, 0.25) is 12.7 Å². The molecule has 0 aliphatic heterocycles. The molecule has 0 amide bonds. The van der Waals surface area contributed by atoms with Crippen LogP contribution in [0.4, 0.5) is 8.78 Å². The van der Waals surface area contributed by atoms with E-state index in [2.05, 4.69) is 9.72 Å². The molecule has 0 saturated heterocycles. The van der Waals surface area contributed by atoms with E-state index in [1.54, 1.807) is 24.3 Å². The van der Waals surface area contributed by atoms with Crippen LogP contribution in [0.15, 0.2) is 36.4 Å². The van der Waals surface area contributed by atoms with E-state index >= 15 is 0 Å². The van der Waals surface area contributed by atoms with Crippen molar-refractivity contribution in [3.05, 3.63) is 53.5 Å². The van der Waals surface area contributed by atoms with Gasteiger partial charge in [-0.25, -0.2) is 13.8 Å². The quantitative estimate of drug-likeness (QED) is 0.914. The minimum atomic E-state index is -1.08. The lowest BCUT2D eigenvalue weighted by molar-refractivity contribution is 0.184. The summed E-state index contributed by atoms with van der Waals surface area (Å²) in [5.41, 5.74) is 7.09. The number of hydrogen-bond donors (Lipinski definition) is 1. The number of aromatic nitrogens is 1. The molecule has 2 aromatic rings. The number of benzene rings is 1. The molecule has 0 aliphatic carbocycles. The van der Waals surface area contributed by atoms with Gasteiger partial charge >= 0.3 is 0 Å². The first-order chi connectivity index (χ1) is 9.65. The van der Waals surface area contributed by atoms with Gasteiger partial charge in [0.1, 0.15) is 0 Å². The van der Waals surface area contributed by atoms with Crippen molar-refractivity contribution in [2.24, 2.45) is 5.73 Å². The van der Waals surface area contributed by atoms with E-state index in [4.69, 9.17) is 10.5 Å². The highest BCUT2D eigenvalue weighted by molar-refractivity contribution is 5.35. The van der Waals surface area contributed by atoms with E-state index in [-0.39, 0.29) is 5.75 Å². The summed E-state index contributed by atoms with van der Waals surface area (Å²) in [6.45, 7) is -1.08. The van der Waals surface area contributed by atoms with Gasteiger partial charge in [-0.2, -0.15) is 0 Å². The summed E-state index contributed by atoms with van der Waals surface area (Å²) < 4.78 is 35.2. The van der Waals surface area contributed by atoms with Crippen molar-refractivity contribution in [3.63, 3.8) is 0 Å². The summed E-state index contributed by atoms with van der Waals surface area (Å²) in [5.74, 6) is -0.392. The molecule has 0 radical (unpaired) electrons. The second-order valence-electron chi connectivity index (χ2n) is 4.03. The van der Waals surface area contributed by atoms with Gasteiger partial charge in [-0.3, -0.25) is 0 Å². The summed E-state index contributed by atoms with van der Waals surface area (Å²) in [6.07, 6.45) is 0. The molecule has 0 spiro atoms. The first kappa shape index (κ1) is 14.2. The molecule has 20 heavy (non-hydrogen) atoms. The fraction of sp³-hybridized carbons (Fsp3) is 0.214. The van der Waals surface area contributed by atoms with Crippen molar-refractivity contribution in [2.75, 3.05) is 14.0 Å².